The molecule has 4 aromatic rings. The molecule has 0 radical (unpaired) electrons. The van der Waals surface area contributed by atoms with Crippen molar-refractivity contribution in [3.8, 4) is 11.4 Å². The molecule has 1 aliphatic heterocycles. The average molecular weight is 452 g/mol. The number of rotatable bonds is 5. The summed E-state index contributed by atoms with van der Waals surface area (Å²) in [5, 5.41) is 7.92. The molecule has 0 fully saturated rings. The van der Waals surface area contributed by atoms with Gasteiger partial charge in [-0.15, -0.1) is 0 Å². The Hall–Kier alpha value is -3.72. The van der Waals surface area contributed by atoms with Crippen LogP contribution in [0, 0.1) is 12.7 Å². The summed E-state index contributed by atoms with van der Waals surface area (Å²) in [7, 11) is 1.59. The Labute approximate surface area is 188 Å². The van der Waals surface area contributed by atoms with Gasteiger partial charge in [-0.05, 0) is 49.7 Å². The third-order valence-electron chi connectivity index (χ3n) is 5.20. The third-order valence-corrected chi connectivity index (χ3v) is 5.52. The Bertz CT molecular complexity index is 1290. The first-order valence-electron chi connectivity index (χ1n) is 9.95. The van der Waals surface area contributed by atoms with E-state index in [0.29, 0.717) is 41.5 Å². The lowest BCUT2D eigenvalue weighted by atomic mass is 10.2. The molecular formula is C22H19ClFN7O. The Morgan fingerprint density at radius 2 is 1.94 bits per heavy atom. The highest BCUT2D eigenvalue weighted by molar-refractivity contribution is 6.30. The van der Waals surface area contributed by atoms with Gasteiger partial charge in [0.1, 0.15) is 40.4 Å². The number of ether oxygens (including phenoxy) is 1. The fourth-order valence-electron chi connectivity index (χ4n) is 3.68. The average Bonchev–Trinajstić information content (AvgIpc) is 3.41. The maximum absolute atomic E-state index is 13.3. The van der Waals surface area contributed by atoms with Crippen molar-refractivity contribution in [2.75, 3.05) is 23.9 Å². The van der Waals surface area contributed by atoms with Gasteiger partial charge < -0.3 is 15.0 Å². The lowest BCUT2D eigenvalue weighted by Crippen LogP contribution is -2.15. The predicted octanol–water partition coefficient (Wildman–Crippen LogP) is 4.60. The van der Waals surface area contributed by atoms with Crippen LogP contribution >= 0.6 is 11.6 Å². The quantitative estimate of drug-likeness (QED) is 0.444. The molecule has 0 amide bonds. The van der Waals surface area contributed by atoms with Crippen molar-refractivity contribution in [1.82, 2.24) is 24.7 Å². The van der Waals surface area contributed by atoms with Crippen molar-refractivity contribution >= 4 is 34.7 Å². The highest BCUT2D eigenvalue weighted by Crippen LogP contribution is 2.37. The van der Waals surface area contributed by atoms with E-state index in [1.165, 1.54) is 12.1 Å². The molecule has 8 nitrogen and oxygen atoms in total. The van der Waals surface area contributed by atoms with E-state index < -0.39 is 0 Å². The zero-order valence-corrected chi connectivity index (χ0v) is 18.1. The molecular weight excluding hydrogens is 433 g/mol. The van der Waals surface area contributed by atoms with Crippen molar-refractivity contribution in [1.29, 1.82) is 0 Å². The number of nitrogens with zero attached hydrogens (tertiary/aromatic N) is 6. The molecule has 5 rings (SSSR count). The summed E-state index contributed by atoms with van der Waals surface area (Å²) in [4.78, 5) is 15.3. The van der Waals surface area contributed by atoms with Gasteiger partial charge in [-0.1, -0.05) is 11.6 Å². The van der Waals surface area contributed by atoms with E-state index in [9.17, 15) is 4.39 Å². The zero-order chi connectivity index (χ0) is 22.2. The van der Waals surface area contributed by atoms with Crippen LogP contribution in [0.1, 0.15) is 11.4 Å². The Morgan fingerprint density at radius 3 is 2.66 bits per heavy atom. The highest BCUT2D eigenvalue weighted by atomic mass is 35.5. The molecule has 0 saturated heterocycles. The second kappa shape index (κ2) is 8.08. The van der Waals surface area contributed by atoms with E-state index in [-0.39, 0.29) is 5.82 Å². The van der Waals surface area contributed by atoms with Crippen LogP contribution in [0.2, 0.25) is 5.15 Å². The fraction of sp³-hybridized carbons (Fsp3) is 0.182. The van der Waals surface area contributed by atoms with Crippen molar-refractivity contribution in [3.63, 3.8) is 0 Å². The number of benzene rings is 2. The summed E-state index contributed by atoms with van der Waals surface area (Å²) < 4.78 is 20.5. The lowest BCUT2D eigenvalue weighted by molar-refractivity contribution is 0.412. The van der Waals surface area contributed by atoms with Gasteiger partial charge in [0.15, 0.2) is 0 Å². The van der Waals surface area contributed by atoms with E-state index in [0.717, 1.165) is 22.6 Å². The number of halogens is 2. The summed E-state index contributed by atoms with van der Waals surface area (Å²) in [5.41, 5.74) is 3.20. The summed E-state index contributed by atoms with van der Waals surface area (Å²) in [6, 6.07) is 11.9. The van der Waals surface area contributed by atoms with Gasteiger partial charge in [0, 0.05) is 29.5 Å². The minimum atomic E-state index is -0.283. The molecule has 2 aromatic carbocycles. The van der Waals surface area contributed by atoms with Crippen LogP contribution in [-0.2, 0) is 6.42 Å². The van der Waals surface area contributed by atoms with Gasteiger partial charge in [-0.25, -0.2) is 19.0 Å². The van der Waals surface area contributed by atoms with Gasteiger partial charge in [-0.3, -0.25) is 0 Å². The Morgan fingerprint density at radius 1 is 1.12 bits per heavy atom. The van der Waals surface area contributed by atoms with E-state index in [4.69, 9.17) is 16.3 Å². The molecule has 32 heavy (non-hydrogen) atoms. The SMILES string of the molecule is COc1cc(Nc2nc(Cl)c3c(n2)N(c2ccc(F)cc2)CC3)ccc1-n1cnc(C)n1. The first kappa shape index (κ1) is 20.2. The van der Waals surface area contributed by atoms with Crippen LogP contribution < -0.4 is 15.0 Å². The Kier molecular flexibility index (Phi) is 5.10. The van der Waals surface area contributed by atoms with E-state index >= 15 is 0 Å². The van der Waals surface area contributed by atoms with Crippen LogP contribution in [0.5, 0.6) is 5.75 Å². The predicted molar refractivity (Wildman–Crippen MR) is 120 cm³/mol. The summed E-state index contributed by atoms with van der Waals surface area (Å²) in [5.74, 6) is 2.06. The van der Waals surface area contributed by atoms with E-state index in [2.05, 4.69) is 25.4 Å². The number of hydrogen-bond donors (Lipinski definition) is 1. The largest absolute Gasteiger partial charge is 0.494 e. The maximum Gasteiger partial charge on any atom is 0.230 e. The topological polar surface area (TPSA) is 81.0 Å². The molecule has 0 spiro atoms. The standard InChI is InChI=1S/C22H19ClFN7O/c1-13-25-12-31(29-13)18-8-5-15(11-19(18)32-2)26-22-27-20(23)17-9-10-30(21(17)28-22)16-6-3-14(24)4-7-16/h3-8,11-12H,9-10H2,1-2H3,(H,26,27,28). The third kappa shape index (κ3) is 3.71. The second-order valence-electron chi connectivity index (χ2n) is 7.27. The van der Waals surface area contributed by atoms with Crippen molar-refractivity contribution < 1.29 is 9.13 Å². The number of nitrogens with one attached hydrogen (secondary N) is 1. The minimum Gasteiger partial charge on any atom is -0.494 e. The molecule has 1 aliphatic rings. The normalized spacial score (nSPS) is 12.7. The van der Waals surface area contributed by atoms with Crippen molar-refractivity contribution in [3.05, 3.63) is 71.2 Å². The van der Waals surface area contributed by atoms with E-state index in [1.807, 2.05) is 30.0 Å². The first-order valence-corrected chi connectivity index (χ1v) is 10.3. The van der Waals surface area contributed by atoms with Crippen LogP contribution in [0.3, 0.4) is 0 Å². The summed E-state index contributed by atoms with van der Waals surface area (Å²) in [6.07, 6.45) is 2.35. The number of anilines is 4. The molecule has 0 atom stereocenters. The number of hydrogen-bond acceptors (Lipinski definition) is 7. The summed E-state index contributed by atoms with van der Waals surface area (Å²) >= 11 is 6.46. The molecule has 0 unspecified atom stereocenters. The molecule has 0 aliphatic carbocycles. The van der Waals surface area contributed by atoms with Crippen LogP contribution in [0.15, 0.2) is 48.8 Å². The molecule has 3 heterocycles. The van der Waals surface area contributed by atoms with Gasteiger partial charge in [0.25, 0.3) is 0 Å². The van der Waals surface area contributed by atoms with Crippen molar-refractivity contribution in [2.24, 2.45) is 0 Å². The van der Waals surface area contributed by atoms with Crippen molar-refractivity contribution in [2.45, 2.75) is 13.3 Å². The molecule has 1 N–H and O–H groups in total. The molecule has 0 saturated carbocycles. The zero-order valence-electron chi connectivity index (χ0n) is 17.4. The molecule has 162 valence electrons. The van der Waals surface area contributed by atoms with Gasteiger partial charge in [0.2, 0.25) is 5.95 Å². The summed E-state index contributed by atoms with van der Waals surface area (Å²) in [6.45, 7) is 2.52. The number of aryl methyl sites for hydroxylation is 1. The number of aromatic nitrogens is 5. The monoisotopic (exact) mass is 451 g/mol. The molecule has 2 aromatic heterocycles. The molecule has 0 bridgehead atoms. The Balaban J connectivity index is 1.46. The minimum absolute atomic E-state index is 0.283. The van der Waals surface area contributed by atoms with Gasteiger partial charge in [-0.2, -0.15) is 10.1 Å². The maximum atomic E-state index is 13.3. The first-order chi connectivity index (χ1) is 15.5. The smallest absolute Gasteiger partial charge is 0.230 e. The van der Waals surface area contributed by atoms with Gasteiger partial charge >= 0.3 is 0 Å². The van der Waals surface area contributed by atoms with Crippen LogP contribution in [0.4, 0.5) is 27.5 Å². The van der Waals surface area contributed by atoms with Crippen LogP contribution in [-0.4, -0.2) is 38.4 Å². The van der Waals surface area contributed by atoms with Crippen LogP contribution in [0.25, 0.3) is 5.69 Å². The van der Waals surface area contributed by atoms with E-state index in [1.54, 1.807) is 30.3 Å². The van der Waals surface area contributed by atoms with Gasteiger partial charge in [0.05, 0.1) is 7.11 Å². The number of methoxy groups -OCH3 is 1. The fourth-order valence-corrected chi connectivity index (χ4v) is 3.94. The second-order valence-corrected chi connectivity index (χ2v) is 7.62. The highest BCUT2D eigenvalue weighted by Gasteiger charge is 2.26. The number of fused-ring (bicyclic) bond motifs is 1. The molecule has 10 heteroatoms. The lowest BCUT2D eigenvalue weighted by Gasteiger charge is -2.19.